The summed E-state index contributed by atoms with van der Waals surface area (Å²) >= 11 is 0. The summed E-state index contributed by atoms with van der Waals surface area (Å²) in [4.78, 5) is 33.6. The topological polar surface area (TPSA) is 110 Å². The largest absolute Gasteiger partial charge is 0.374 e. The van der Waals surface area contributed by atoms with Gasteiger partial charge in [0.1, 0.15) is 0 Å². The van der Waals surface area contributed by atoms with Crippen molar-refractivity contribution in [3.63, 3.8) is 0 Å². The SMILES string of the molecule is CC1=CC(=O)[C@@](C)(O)C(=O)/C1=C\Nc1ccc(F)c([N+](=O)[O-])c1. The zero-order valence-electron chi connectivity index (χ0n) is 12.3. The number of halogens is 1. The second-order valence-corrected chi connectivity index (χ2v) is 5.22. The van der Waals surface area contributed by atoms with E-state index in [-0.39, 0.29) is 11.3 Å². The van der Waals surface area contributed by atoms with E-state index in [1.165, 1.54) is 19.2 Å². The number of nitrogens with zero attached hydrogens (tertiary/aromatic N) is 1. The second-order valence-electron chi connectivity index (χ2n) is 5.22. The number of carbonyl (C=O) groups is 2. The fraction of sp³-hybridized carbons (Fsp3) is 0.200. The van der Waals surface area contributed by atoms with Gasteiger partial charge in [-0.2, -0.15) is 4.39 Å². The van der Waals surface area contributed by atoms with Crippen molar-refractivity contribution in [2.75, 3.05) is 5.32 Å². The van der Waals surface area contributed by atoms with E-state index < -0.39 is 33.6 Å². The van der Waals surface area contributed by atoms with Gasteiger partial charge in [0.25, 0.3) is 0 Å². The maximum absolute atomic E-state index is 13.3. The quantitative estimate of drug-likeness (QED) is 0.381. The molecule has 0 spiro atoms. The zero-order valence-corrected chi connectivity index (χ0v) is 12.3. The number of nitro groups is 1. The number of hydrogen-bond acceptors (Lipinski definition) is 6. The van der Waals surface area contributed by atoms with Crippen molar-refractivity contribution in [1.29, 1.82) is 0 Å². The molecule has 7 nitrogen and oxygen atoms in total. The summed E-state index contributed by atoms with van der Waals surface area (Å²) in [7, 11) is 0. The number of hydrogen-bond donors (Lipinski definition) is 2. The Hall–Kier alpha value is -2.87. The summed E-state index contributed by atoms with van der Waals surface area (Å²) < 4.78 is 13.3. The van der Waals surface area contributed by atoms with Crippen LogP contribution in [0.15, 0.2) is 41.6 Å². The molecule has 0 aromatic heterocycles. The average molecular weight is 320 g/mol. The van der Waals surface area contributed by atoms with E-state index >= 15 is 0 Å². The Labute approximate surface area is 130 Å². The number of Topliss-reactive ketones (excluding diaryl/α,β-unsaturated/α-hetero) is 1. The molecular weight excluding hydrogens is 307 g/mol. The van der Waals surface area contributed by atoms with Crippen molar-refractivity contribution >= 4 is 22.9 Å². The van der Waals surface area contributed by atoms with Crippen LogP contribution < -0.4 is 5.32 Å². The maximum Gasteiger partial charge on any atom is 0.306 e. The fourth-order valence-electron chi connectivity index (χ4n) is 2.05. The third-order valence-electron chi connectivity index (χ3n) is 3.47. The van der Waals surface area contributed by atoms with Gasteiger partial charge in [-0.1, -0.05) is 0 Å². The smallest absolute Gasteiger partial charge is 0.306 e. The normalized spacial score (nSPS) is 23.0. The number of anilines is 1. The minimum Gasteiger partial charge on any atom is -0.374 e. The van der Waals surface area contributed by atoms with Crippen LogP contribution in [0.3, 0.4) is 0 Å². The lowest BCUT2D eigenvalue weighted by molar-refractivity contribution is -0.387. The van der Waals surface area contributed by atoms with E-state index in [1.54, 1.807) is 0 Å². The van der Waals surface area contributed by atoms with Gasteiger partial charge in [0, 0.05) is 23.5 Å². The first-order chi connectivity index (χ1) is 10.6. The highest BCUT2D eigenvalue weighted by molar-refractivity contribution is 6.25. The minimum atomic E-state index is -2.15. The summed E-state index contributed by atoms with van der Waals surface area (Å²) in [5, 5.41) is 23.2. The van der Waals surface area contributed by atoms with E-state index in [4.69, 9.17) is 0 Å². The monoisotopic (exact) mass is 320 g/mol. The Morgan fingerprint density at radius 1 is 1.39 bits per heavy atom. The van der Waals surface area contributed by atoms with Crippen LogP contribution >= 0.6 is 0 Å². The molecule has 0 radical (unpaired) electrons. The molecule has 23 heavy (non-hydrogen) atoms. The summed E-state index contributed by atoms with van der Waals surface area (Å²) in [6, 6.07) is 3.15. The summed E-state index contributed by atoms with van der Waals surface area (Å²) in [6.45, 7) is 2.61. The van der Waals surface area contributed by atoms with Crippen LogP contribution in [0.5, 0.6) is 0 Å². The van der Waals surface area contributed by atoms with Gasteiger partial charge in [-0.05, 0) is 37.6 Å². The molecular formula is C15H13FN2O5. The molecule has 0 bridgehead atoms. The number of ketones is 2. The number of carbonyl (C=O) groups excluding carboxylic acids is 2. The molecule has 1 aliphatic rings. The van der Waals surface area contributed by atoms with Gasteiger partial charge >= 0.3 is 5.69 Å². The number of benzene rings is 1. The van der Waals surface area contributed by atoms with Gasteiger partial charge in [0.15, 0.2) is 11.4 Å². The fourth-order valence-corrected chi connectivity index (χ4v) is 2.05. The molecule has 0 unspecified atom stereocenters. The van der Waals surface area contributed by atoms with Crippen molar-refractivity contribution in [2.24, 2.45) is 0 Å². The van der Waals surface area contributed by atoms with Gasteiger partial charge in [0.2, 0.25) is 11.6 Å². The molecule has 0 heterocycles. The van der Waals surface area contributed by atoms with Gasteiger partial charge in [-0.3, -0.25) is 19.7 Å². The Morgan fingerprint density at radius 2 is 2.04 bits per heavy atom. The van der Waals surface area contributed by atoms with E-state index in [2.05, 4.69) is 5.32 Å². The molecule has 2 N–H and O–H groups in total. The first kappa shape index (κ1) is 16.5. The lowest BCUT2D eigenvalue weighted by Gasteiger charge is -2.25. The predicted molar refractivity (Wildman–Crippen MR) is 79.2 cm³/mol. The molecule has 1 aromatic carbocycles. The van der Waals surface area contributed by atoms with Gasteiger partial charge in [-0.15, -0.1) is 0 Å². The van der Waals surface area contributed by atoms with Gasteiger partial charge in [0.05, 0.1) is 4.92 Å². The van der Waals surface area contributed by atoms with Gasteiger partial charge < -0.3 is 10.4 Å². The molecule has 120 valence electrons. The Balaban J connectivity index is 2.35. The molecule has 0 saturated heterocycles. The van der Waals surface area contributed by atoms with Crippen LogP contribution in [0, 0.1) is 15.9 Å². The van der Waals surface area contributed by atoms with Crippen LogP contribution in [0.1, 0.15) is 13.8 Å². The number of nitro benzene ring substituents is 1. The lowest BCUT2D eigenvalue weighted by Crippen LogP contribution is -2.46. The highest BCUT2D eigenvalue weighted by Gasteiger charge is 2.42. The summed E-state index contributed by atoms with van der Waals surface area (Å²) in [5.74, 6) is -2.48. The lowest BCUT2D eigenvalue weighted by atomic mass is 9.82. The van der Waals surface area contributed by atoms with Crippen LogP contribution in [0.4, 0.5) is 15.8 Å². The Morgan fingerprint density at radius 3 is 2.65 bits per heavy atom. The zero-order chi connectivity index (χ0) is 17.4. The van der Waals surface area contributed by atoms with E-state index in [1.807, 2.05) is 0 Å². The minimum absolute atomic E-state index is 0.0570. The Bertz CT molecular complexity index is 780. The first-order valence-corrected chi connectivity index (χ1v) is 6.55. The average Bonchev–Trinajstić information content (AvgIpc) is 2.47. The molecule has 0 saturated carbocycles. The highest BCUT2D eigenvalue weighted by Crippen LogP contribution is 2.27. The molecule has 1 aromatic rings. The van der Waals surface area contributed by atoms with Crippen LogP contribution in [-0.2, 0) is 9.59 Å². The molecule has 0 amide bonds. The molecule has 1 aliphatic carbocycles. The maximum atomic E-state index is 13.3. The van der Waals surface area contributed by atoms with Gasteiger partial charge in [-0.25, -0.2) is 0 Å². The number of allylic oxidation sites excluding steroid dienone is 1. The standard InChI is InChI=1S/C15H13FN2O5/c1-8-5-13(19)15(2,21)14(20)10(8)7-17-9-3-4-11(16)12(6-9)18(22)23/h3-7,17,21H,1-2H3/b10-7-/t15-/m1/s1. The molecule has 0 aliphatic heterocycles. The van der Waals surface area contributed by atoms with Crippen molar-refractivity contribution in [1.82, 2.24) is 0 Å². The summed E-state index contributed by atoms with van der Waals surface area (Å²) in [5.41, 5.74) is -2.28. The van der Waals surface area contributed by atoms with E-state index in [9.17, 15) is 29.2 Å². The van der Waals surface area contributed by atoms with Crippen molar-refractivity contribution in [3.05, 3.63) is 57.6 Å². The molecule has 2 rings (SSSR count). The molecule has 8 heteroatoms. The molecule has 1 atom stereocenters. The van der Waals surface area contributed by atoms with Crippen molar-refractivity contribution < 1.29 is 24.0 Å². The highest BCUT2D eigenvalue weighted by atomic mass is 19.1. The van der Waals surface area contributed by atoms with Crippen LogP contribution in [-0.4, -0.2) is 27.2 Å². The second kappa shape index (κ2) is 5.73. The Kier molecular flexibility index (Phi) is 4.11. The van der Waals surface area contributed by atoms with Crippen molar-refractivity contribution in [2.45, 2.75) is 19.4 Å². The third kappa shape index (κ3) is 3.02. The number of rotatable bonds is 3. The van der Waals surface area contributed by atoms with E-state index in [0.717, 1.165) is 25.1 Å². The molecule has 0 fully saturated rings. The first-order valence-electron chi connectivity index (χ1n) is 6.55. The third-order valence-corrected chi connectivity index (χ3v) is 3.47. The van der Waals surface area contributed by atoms with Crippen LogP contribution in [0.2, 0.25) is 0 Å². The van der Waals surface area contributed by atoms with Crippen LogP contribution in [0.25, 0.3) is 0 Å². The predicted octanol–water partition coefficient (Wildman–Crippen LogP) is 1.88. The number of aliphatic hydroxyl groups is 1. The van der Waals surface area contributed by atoms with E-state index in [0.29, 0.717) is 5.57 Å². The summed E-state index contributed by atoms with van der Waals surface area (Å²) in [6.07, 6.45) is 2.36. The number of nitrogens with one attached hydrogen (secondary N) is 1. The van der Waals surface area contributed by atoms with Crippen molar-refractivity contribution in [3.8, 4) is 0 Å².